The minimum absolute atomic E-state index is 0.0107. The molecule has 1 aromatic heterocycles. The van der Waals surface area contributed by atoms with Crippen molar-refractivity contribution in [3.8, 4) is 27.9 Å². The first-order chi connectivity index (χ1) is 26.2. The Morgan fingerprint density at radius 3 is 1.36 bits per heavy atom. The Balaban J connectivity index is 1.30. The quantitative estimate of drug-likeness (QED) is 0.161. The average Bonchev–Trinajstić information content (AvgIpc) is 3.49. The lowest BCUT2D eigenvalue weighted by atomic mass is 9.81. The van der Waals surface area contributed by atoms with Gasteiger partial charge in [-0.3, -0.25) is 0 Å². The van der Waals surface area contributed by atoms with Crippen molar-refractivity contribution < 1.29 is 0 Å². The monoisotopic (exact) mass is 713 g/mol. The molecule has 0 fully saturated rings. The van der Waals surface area contributed by atoms with Crippen LogP contribution in [0.2, 0.25) is 0 Å². The van der Waals surface area contributed by atoms with E-state index in [1.54, 1.807) is 0 Å². The second-order valence-corrected chi connectivity index (χ2v) is 18.7. The zero-order valence-corrected chi connectivity index (χ0v) is 33.8. The lowest BCUT2D eigenvalue weighted by molar-refractivity contribution is 0.590. The summed E-state index contributed by atoms with van der Waals surface area (Å²) in [5, 5.41) is 10.3. The van der Waals surface area contributed by atoms with Gasteiger partial charge in [-0.25, -0.2) is 0 Å². The van der Waals surface area contributed by atoms with Crippen LogP contribution < -0.4 is 0 Å². The van der Waals surface area contributed by atoms with Crippen LogP contribution in [0, 0.1) is 0 Å². The molecule has 1 heteroatoms. The summed E-state index contributed by atoms with van der Waals surface area (Å²) < 4.78 is 2.46. The molecule has 55 heavy (non-hydrogen) atoms. The van der Waals surface area contributed by atoms with Crippen molar-refractivity contribution in [1.29, 1.82) is 0 Å². The Bertz CT molecular complexity index is 2870. The predicted molar refractivity (Wildman–Crippen MR) is 240 cm³/mol. The summed E-state index contributed by atoms with van der Waals surface area (Å²) in [6.07, 6.45) is 0. The minimum Gasteiger partial charge on any atom is -0.309 e. The van der Waals surface area contributed by atoms with Crippen LogP contribution in [-0.2, 0) is 16.2 Å². The number of rotatable bonds is 3. The fourth-order valence-corrected chi connectivity index (χ4v) is 8.70. The number of benzene rings is 8. The van der Waals surface area contributed by atoms with E-state index in [-0.39, 0.29) is 16.2 Å². The largest absolute Gasteiger partial charge is 0.309 e. The topological polar surface area (TPSA) is 4.93 Å². The Morgan fingerprint density at radius 2 is 0.800 bits per heavy atom. The first kappa shape index (κ1) is 35.1. The maximum atomic E-state index is 2.46. The molecule has 1 heterocycles. The molecule has 9 aromatic rings. The van der Waals surface area contributed by atoms with Gasteiger partial charge in [-0.15, -0.1) is 0 Å². The number of aromatic nitrogens is 1. The molecule has 0 unspecified atom stereocenters. The second-order valence-electron chi connectivity index (χ2n) is 18.7. The first-order valence-corrected chi connectivity index (χ1v) is 19.9. The zero-order valence-electron chi connectivity index (χ0n) is 33.8. The maximum Gasteiger partial charge on any atom is 0.0541 e. The van der Waals surface area contributed by atoms with Gasteiger partial charge in [0.25, 0.3) is 0 Å². The van der Waals surface area contributed by atoms with Crippen LogP contribution in [-0.4, -0.2) is 4.57 Å². The number of hydrogen-bond donors (Lipinski definition) is 0. The molecule has 9 rings (SSSR count). The van der Waals surface area contributed by atoms with Crippen molar-refractivity contribution >= 4 is 54.1 Å². The van der Waals surface area contributed by atoms with E-state index in [1.807, 2.05) is 0 Å². The SMILES string of the molecule is CC(C)(C)c1ccc2c(-c3cccc4ccccc34)c3ccccc3c(-c3ccc(-n4c5ccc(C(C)(C)C)cc5c5cc(C(C)(C)C)ccc54)cc3)c2c1. The third-order valence-corrected chi connectivity index (χ3v) is 11.9. The summed E-state index contributed by atoms with van der Waals surface area (Å²) in [6.45, 7) is 20.8. The van der Waals surface area contributed by atoms with Crippen molar-refractivity contribution in [1.82, 2.24) is 4.57 Å². The van der Waals surface area contributed by atoms with E-state index in [0.29, 0.717) is 0 Å². The molecular formula is C54H51N. The van der Waals surface area contributed by atoms with Gasteiger partial charge in [-0.1, -0.05) is 165 Å². The minimum atomic E-state index is 0.0107. The van der Waals surface area contributed by atoms with Gasteiger partial charge in [-0.05, 0) is 130 Å². The van der Waals surface area contributed by atoms with E-state index in [2.05, 4.69) is 212 Å². The van der Waals surface area contributed by atoms with Gasteiger partial charge in [0.15, 0.2) is 0 Å². The molecule has 0 aliphatic rings. The fraction of sp³-hybridized carbons (Fsp3) is 0.222. The van der Waals surface area contributed by atoms with E-state index in [4.69, 9.17) is 0 Å². The van der Waals surface area contributed by atoms with Crippen LogP contribution in [0.5, 0.6) is 0 Å². The Hall–Kier alpha value is -5.66. The Labute approximate surface area is 326 Å². The molecule has 0 N–H and O–H groups in total. The van der Waals surface area contributed by atoms with E-state index in [1.165, 1.54) is 98.8 Å². The van der Waals surface area contributed by atoms with Crippen LogP contribution in [0.15, 0.2) is 146 Å². The molecule has 0 aliphatic carbocycles. The van der Waals surface area contributed by atoms with Gasteiger partial charge in [0.05, 0.1) is 11.0 Å². The number of fused-ring (bicyclic) bond motifs is 6. The van der Waals surface area contributed by atoms with Crippen molar-refractivity contribution in [3.05, 3.63) is 162 Å². The standard InChI is InChI=1S/C54H51N/c1-52(2,3)36-23-28-44-47(33-36)50(42-18-12-13-19-43(42)51(44)41-20-14-16-34-15-10-11-17-40(34)41)35-21-26-39(27-22-35)55-48-29-24-37(53(4,5)6)31-45(48)46-32-38(54(7,8)9)25-30-49(46)55/h10-33H,1-9H3. The van der Waals surface area contributed by atoms with Crippen LogP contribution in [0.1, 0.15) is 79.0 Å². The lowest BCUT2D eigenvalue weighted by Gasteiger charge is -2.23. The molecule has 0 atom stereocenters. The van der Waals surface area contributed by atoms with Crippen molar-refractivity contribution in [2.45, 2.75) is 78.6 Å². The van der Waals surface area contributed by atoms with E-state index >= 15 is 0 Å². The van der Waals surface area contributed by atoms with E-state index in [9.17, 15) is 0 Å². The van der Waals surface area contributed by atoms with Crippen LogP contribution >= 0.6 is 0 Å². The van der Waals surface area contributed by atoms with Crippen LogP contribution in [0.3, 0.4) is 0 Å². The summed E-state index contributed by atoms with van der Waals surface area (Å²) in [7, 11) is 0. The maximum absolute atomic E-state index is 2.46. The van der Waals surface area contributed by atoms with Gasteiger partial charge in [0.1, 0.15) is 0 Å². The van der Waals surface area contributed by atoms with Crippen LogP contribution in [0.4, 0.5) is 0 Å². The summed E-state index contributed by atoms with van der Waals surface area (Å²) in [5.74, 6) is 0. The highest BCUT2D eigenvalue weighted by molar-refractivity contribution is 6.23. The number of hydrogen-bond acceptors (Lipinski definition) is 0. The fourth-order valence-electron chi connectivity index (χ4n) is 8.70. The molecule has 0 bridgehead atoms. The highest BCUT2D eigenvalue weighted by atomic mass is 15.0. The third kappa shape index (κ3) is 5.84. The van der Waals surface area contributed by atoms with Gasteiger partial charge < -0.3 is 4.57 Å². The first-order valence-electron chi connectivity index (χ1n) is 19.9. The van der Waals surface area contributed by atoms with Crippen molar-refractivity contribution in [3.63, 3.8) is 0 Å². The average molecular weight is 714 g/mol. The van der Waals surface area contributed by atoms with Gasteiger partial charge in [0, 0.05) is 16.5 Å². The second kappa shape index (κ2) is 12.4. The molecule has 272 valence electrons. The van der Waals surface area contributed by atoms with Gasteiger partial charge in [0.2, 0.25) is 0 Å². The molecular weight excluding hydrogens is 663 g/mol. The third-order valence-electron chi connectivity index (χ3n) is 11.9. The smallest absolute Gasteiger partial charge is 0.0541 e. The lowest BCUT2D eigenvalue weighted by Crippen LogP contribution is -2.10. The predicted octanol–water partition coefficient (Wildman–Crippen LogP) is 15.5. The molecule has 8 aromatic carbocycles. The molecule has 0 amide bonds. The molecule has 1 nitrogen and oxygen atoms in total. The Morgan fingerprint density at radius 1 is 0.345 bits per heavy atom. The van der Waals surface area contributed by atoms with Gasteiger partial charge >= 0.3 is 0 Å². The summed E-state index contributed by atoms with van der Waals surface area (Å²) in [5.41, 5.74) is 12.9. The van der Waals surface area contributed by atoms with Crippen LogP contribution in [0.25, 0.3) is 82.1 Å². The Kier molecular flexibility index (Phi) is 7.93. The molecule has 0 radical (unpaired) electrons. The molecule has 0 aliphatic heterocycles. The normalized spacial score (nSPS) is 12.8. The van der Waals surface area contributed by atoms with E-state index in [0.717, 1.165) is 0 Å². The zero-order chi connectivity index (χ0) is 38.4. The highest BCUT2D eigenvalue weighted by Gasteiger charge is 2.23. The summed E-state index contributed by atoms with van der Waals surface area (Å²) >= 11 is 0. The summed E-state index contributed by atoms with van der Waals surface area (Å²) in [6, 6.07) is 55.3. The van der Waals surface area contributed by atoms with Gasteiger partial charge in [-0.2, -0.15) is 0 Å². The van der Waals surface area contributed by atoms with E-state index < -0.39 is 0 Å². The number of nitrogens with zero attached hydrogens (tertiary/aromatic N) is 1. The highest BCUT2D eigenvalue weighted by Crippen LogP contribution is 2.47. The molecule has 0 spiro atoms. The van der Waals surface area contributed by atoms with Crippen molar-refractivity contribution in [2.75, 3.05) is 0 Å². The summed E-state index contributed by atoms with van der Waals surface area (Å²) in [4.78, 5) is 0. The van der Waals surface area contributed by atoms with Crippen molar-refractivity contribution in [2.24, 2.45) is 0 Å². The molecule has 0 saturated carbocycles. The molecule has 0 saturated heterocycles.